The SMILES string of the molecule is CC(CC1CC1)NC(CCO)C(C)(C)C. The summed E-state index contributed by atoms with van der Waals surface area (Å²) < 4.78 is 0. The van der Waals surface area contributed by atoms with Crippen molar-refractivity contribution in [3.8, 4) is 0 Å². The van der Waals surface area contributed by atoms with E-state index in [1.54, 1.807) is 0 Å². The van der Waals surface area contributed by atoms with Crippen LogP contribution in [0, 0.1) is 11.3 Å². The minimum Gasteiger partial charge on any atom is -0.396 e. The number of hydrogen-bond donors (Lipinski definition) is 2. The lowest BCUT2D eigenvalue weighted by molar-refractivity contribution is 0.185. The molecule has 2 atom stereocenters. The molecule has 0 aliphatic heterocycles. The fourth-order valence-electron chi connectivity index (χ4n) is 2.16. The first-order chi connectivity index (χ1) is 6.93. The minimum absolute atomic E-state index is 0.237. The van der Waals surface area contributed by atoms with Gasteiger partial charge in [-0.25, -0.2) is 0 Å². The quantitative estimate of drug-likeness (QED) is 0.711. The molecule has 0 aromatic carbocycles. The molecule has 0 bridgehead atoms. The van der Waals surface area contributed by atoms with Crippen molar-refractivity contribution >= 4 is 0 Å². The highest BCUT2D eigenvalue weighted by molar-refractivity contribution is 4.85. The first kappa shape index (κ1) is 13.0. The smallest absolute Gasteiger partial charge is 0.0446 e. The molecule has 15 heavy (non-hydrogen) atoms. The summed E-state index contributed by atoms with van der Waals surface area (Å²) in [5.74, 6) is 0.974. The Bertz CT molecular complexity index is 181. The van der Waals surface area contributed by atoms with Crippen LogP contribution in [0.1, 0.15) is 53.4 Å². The van der Waals surface area contributed by atoms with Gasteiger partial charge < -0.3 is 10.4 Å². The molecule has 0 heterocycles. The predicted molar refractivity (Wildman–Crippen MR) is 64.9 cm³/mol. The van der Waals surface area contributed by atoms with Crippen LogP contribution in [0.3, 0.4) is 0 Å². The van der Waals surface area contributed by atoms with Crippen molar-refractivity contribution < 1.29 is 5.11 Å². The average Bonchev–Trinajstić information content (AvgIpc) is 2.85. The number of aliphatic hydroxyl groups excluding tert-OH is 1. The van der Waals surface area contributed by atoms with Crippen molar-refractivity contribution in [1.29, 1.82) is 0 Å². The lowest BCUT2D eigenvalue weighted by Crippen LogP contribution is -2.45. The molecule has 0 amide bonds. The van der Waals surface area contributed by atoms with Crippen molar-refractivity contribution in [2.24, 2.45) is 11.3 Å². The third kappa shape index (κ3) is 4.98. The van der Waals surface area contributed by atoms with Gasteiger partial charge in [0.1, 0.15) is 0 Å². The summed E-state index contributed by atoms with van der Waals surface area (Å²) in [6.45, 7) is 9.28. The Hall–Kier alpha value is -0.0800. The molecule has 2 unspecified atom stereocenters. The summed E-state index contributed by atoms with van der Waals surface area (Å²) in [6, 6.07) is 1.02. The van der Waals surface area contributed by atoms with Crippen molar-refractivity contribution in [3.63, 3.8) is 0 Å². The Morgan fingerprint density at radius 1 is 1.33 bits per heavy atom. The van der Waals surface area contributed by atoms with Crippen LogP contribution in [-0.4, -0.2) is 23.8 Å². The fourth-order valence-corrected chi connectivity index (χ4v) is 2.16. The monoisotopic (exact) mass is 213 g/mol. The van der Waals surface area contributed by atoms with Crippen molar-refractivity contribution in [1.82, 2.24) is 5.32 Å². The first-order valence-corrected chi connectivity index (χ1v) is 6.30. The van der Waals surface area contributed by atoms with Gasteiger partial charge in [-0.2, -0.15) is 0 Å². The van der Waals surface area contributed by atoms with Gasteiger partial charge in [0.2, 0.25) is 0 Å². The highest BCUT2D eigenvalue weighted by Crippen LogP contribution is 2.34. The van der Waals surface area contributed by atoms with Gasteiger partial charge in [0, 0.05) is 18.7 Å². The van der Waals surface area contributed by atoms with Crippen LogP contribution in [0.25, 0.3) is 0 Å². The maximum Gasteiger partial charge on any atom is 0.0446 e. The molecule has 1 aliphatic rings. The number of nitrogens with one attached hydrogen (secondary N) is 1. The van der Waals surface area contributed by atoms with E-state index in [4.69, 9.17) is 5.11 Å². The Morgan fingerprint density at radius 3 is 2.33 bits per heavy atom. The second-order valence-corrected chi connectivity index (χ2v) is 6.18. The van der Waals surface area contributed by atoms with Crippen LogP contribution >= 0.6 is 0 Å². The largest absolute Gasteiger partial charge is 0.396 e. The highest BCUT2D eigenvalue weighted by Gasteiger charge is 2.28. The van der Waals surface area contributed by atoms with E-state index in [2.05, 4.69) is 33.0 Å². The molecule has 0 aromatic rings. The molecule has 1 rings (SSSR count). The molecule has 0 aromatic heterocycles. The summed E-state index contributed by atoms with van der Waals surface area (Å²) in [4.78, 5) is 0. The zero-order chi connectivity index (χ0) is 11.5. The molecule has 1 aliphatic carbocycles. The van der Waals surface area contributed by atoms with E-state index < -0.39 is 0 Å². The molecule has 0 saturated heterocycles. The van der Waals surface area contributed by atoms with Crippen LogP contribution in [0.4, 0.5) is 0 Å². The zero-order valence-corrected chi connectivity index (χ0v) is 10.7. The van der Waals surface area contributed by atoms with Gasteiger partial charge in [-0.1, -0.05) is 33.6 Å². The molecule has 0 radical (unpaired) electrons. The van der Waals surface area contributed by atoms with Crippen LogP contribution < -0.4 is 5.32 Å². The molecule has 2 N–H and O–H groups in total. The van der Waals surface area contributed by atoms with Gasteiger partial charge in [-0.3, -0.25) is 0 Å². The van der Waals surface area contributed by atoms with Crippen LogP contribution in [0.5, 0.6) is 0 Å². The van der Waals surface area contributed by atoms with E-state index in [-0.39, 0.29) is 12.0 Å². The first-order valence-electron chi connectivity index (χ1n) is 6.30. The van der Waals surface area contributed by atoms with E-state index in [1.807, 2.05) is 0 Å². The second kappa shape index (κ2) is 5.31. The molecule has 1 saturated carbocycles. The van der Waals surface area contributed by atoms with Crippen molar-refractivity contribution in [3.05, 3.63) is 0 Å². The molecule has 1 fully saturated rings. The van der Waals surface area contributed by atoms with E-state index in [0.29, 0.717) is 12.1 Å². The van der Waals surface area contributed by atoms with Gasteiger partial charge in [0.15, 0.2) is 0 Å². The van der Waals surface area contributed by atoms with Gasteiger partial charge in [-0.15, -0.1) is 0 Å². The second-order valence-electron chi connectivity index (χ2n) is 6.18. The van der Waals surface area contributed by atoms with Crippen molar-refractivity contribution in [2.45, 2.75) is 65.5 Å². The molecule has 2 heteroatoms. The molecular formula is C13H27NO. The summed E-state index contributed by atoms with van der Waals surface area (Å²) >= 11 is 0. The van der Waals surface area contributed by atoms with Crippen LogP contribution in [-0.2, 0) is 0 Å². The fraction of sp³-hybridized carbons (Fsp3) is 1.00. The van der Waals surface area contributed by atoms with Gasteiger partial charge in [-0.05, 0) is 31.1 Å². The lowest BCUT2D eigenvalue weighted by atomic mass is 9.84. The van der Waals surface area contributed by atoms with E-state index >= 15 is 0 Å². The summed E-state index contributed by atoms with van der Waals surface area (Å²) in [5, 5.41) is 12.7. The topological polar surface area (TPSA) is 32.3 Å². The third-order valence-corrected chi connectivity index (χ3v) is 3.33. The number of rotatable bonds is 6. The minimum atomic E-state index is 0.237. The van der Waals surface area contributed by atoms with Crippen molar-refractivity contribution in [2.75, 3.05) is 6.61 Å². The Morgan fingerprint density at radius 2 is 1.93 bits per heavy atom. The maximum absolute atomic E-state index is 9.07. The Balaban J connectivity index is 2.34. The summed E-state index contributed by atoms with van der Waals surface area (Å²) in [6.07, 6.45) is 5.01. The highest BCUT2D eigenvalue weighted by atomic mass is 16.3. The number of aliphatic hydroxyl groups is 1. The maximum atomic E-state index is 9.07. The molecule has 0 spiro atoms. The molecule has 2 nitrogen and oxygen atoms in total. The molecular weight excluding hydrogens is 186 g/mol. The normalized spacial score (nSPS) is 21.4. The average molecular weight is 213 g/mol. The van der Waals surface area contributed by atoms with E-state index in [0.717, 1.165) is 12.3 Å². The number of hydrogen-bond acceptors (Lipinski definition) is 2. The summed E-state index contributed by atoms with van der Waals surface area (Å²) in [5.41, 5.74) is 0.237. The Kier molecular flexibility index (Phi) is 4.60. The van der Waals surface area contributed by atoms with Crippen LogP contribution in [0.15, 0.2) is 0 Å². The van der Waals surface area contributed by atoms with E-state index in [1.165, 1.54) is 19.3 Å². The predicted octanol–water partition coefficient (Wildman–Crippen LogP) is 2.56. The third-order valence-electron chi connectivity index (χ3n) is 3.33. The molecule has 90 valence electrons. The lowest BCUT2D eigenvalue weighted by Gasteiger charge is -2.34. The van der Waals surface area contributed by atoms with Gasteiger partial charge >= 0.3 is 0 Å². The zero-order valence-electron chi connectivity index (χ0n) is 10.7. The Labute approximate surface area is 94.5 Å². The van der Waals surface area contributed by atoms with E-state index in [9.17, 15) is 0 Å². The van der Waals surface area contributed by atoms with Gasteiger partial charge in [0.05, 0.1) is 0 Å². The standard InChI is InChI=1S/C13H27NO/c1-10(9-11-5-6-11)14-12(7-8-15)13(2,3)4/h10-12,14-15H,5-9H2,1-4H3. The van der Waals surface area contributed by atoms with Gasteiger partial charge in [0.25, 0.3) is 0 Å². The van der Waals surface area contributed by atoms with Crippen LogP contribution in [0.2, 0.25) is 0 Å². The summed E-state index contributed by atoms with van der Waals surface area (Å²) in [7, 11) is 0.